The fourth-order valence-electron chi connectivity index (χ4n) is 4.90. The number of rotatable bonds is 4. The predicted octanol–water partition coefficient (Wildman–Crippen LogP) is 3.68. The van der Waals surface area contributed by atoms with Crippen molar-refractivity contribution in [2.24, 2.45) is 5.92 Å². The Kier molecular flexibility index (Phi) is 6.38. The van der Waals surface area contributed by atoms with Crippen molar-refractivity contribution in [2.45, 2.75) is 31.6 Å². The largest absolute Gasteiger partial charge is 0.340 e. The summed E-state index contributed by atoms with van der Waals surface area (Å²) in [6, 6.07) is 5.32. The van der Waals surface area contributed by atoms with E-state index in [0.717, 1.165) is 50.4 Å². The molecule has 2 amide bonds. The van der Waals surface area contributed by atoms with E-state index in [9.17, 15) is 9.59 Å². The van der Waals surface area contributed by atoms with Gasteiger partial charge >= 0.3 is 0 Å². The van der Waals surface area contributed by atoms with Gasteiger partial charge in [-0.1, -0.05) is 23.2 Å². The molecule has 9 heteroatoms. The number of nitrogens with zero attached hydrogens (tertiary/aromatic N) is 5. The molecule has 0 bridgehead atoms. The summed E-state index contributed by atoms with van der Waals surface area (Å²) in [7, 11) is 2.09. The average molecular weight is 490 g/mol. The first-order valence-corrected chi connectivity index (χ1v) is 12.5. The second-order valence-electron chi connectivity index (χ2n) is 9.42. The van der Waals surface area contributed by atoms with Gasteiger partial charge in [-0.3, -0.25) is 9.59 Å². The van der Waals surface area contributed by atoms with E-state index in [1.165, 1.54) is 0 Å². The van der Waals surface area contributed by atoms with Crippen LogP contribution in [0.1, 0.15) is 47.7 Å². The zero-order valence-corrected chi connectivity index (χ0v) is 20.4. The summed E-state index contributed by atoms with van der Waals surface area (Å²) in [5.41, 5.74) is 2.31. The molecular formula is C24H29Cl2N5O2. The van der Waals surface area contributed by atoms with Crippen molar-refractivity contribution in [3.8, 4) is 5.69 Å². The first kappa shape index (κ1) is 22.7. The van der Waals surface area contributed by atoms with Gasteiger partial charge in [0.05, 0.1) is 28.2 Å². The second-order valence-corrected chi connectivity index (χ2v) is 10.3. The number of hydrogen-bond acceptors (Lipinski definition) is 4. The van der Waals surface area contributed by atoms with Crippen molar-refractivity contribution >= 4 is 35.0 Å². The Bertz CT molecular complexity index is 1050. The van der Waals surface area contributed by atoms with Crippen LogP contribution in [0.3, 0.4) is 0 Å². The number of piperidine rings is 1. The van der Waals surface area contributed by atoms with Gasteiger partial charge in [-0.15, -0.1) is 0 Å². The molecule has 3 fully saturated rings. The summed E-state index contributed by atoms with van der Waals surface area (Å²) in [6.45, 7) is 4.64. The molecule has 176 valence electrons. The van der Waals surface area contributed by atoms with Crippen molar-refractivity contribution in [2.75, 3.05) is 46.3 Å². The van der Waals surface area contributed by atoms with E-state index in [1.54, 1.807) is 23.0 Å². The number of hydrogen-bond donors (Lipinski definition) is 0. The van der Waals surface area contributed by atoms with Gasteiger partial charge in [-0.05, 0) is 50.9 Å². The number of piperazine rings is 1. The summed E-state index contributed by atoms with van der Waals surface area (Å²) in [5, 5.41) is 5.61. The molecule has 3 heterocycles. The molecule has 0 atom stereocenters. The van der Waals surface area contributed by atoms with Crippen molar-refractivity contribution in [3.63, 3.8) is 0 Å². The van der Waals surface area contributed by atoms with E-state index in [0.29, 0.717) is 47.5 Å². The molecule has 33 heavy (non-hydrogen) atoms. The monoisotopic (exact) mass is 489 g/mol. The molecule has 2 aliphatic heterocycles. The van der Waals surface area contributed by atoms with Crippen molar-refractivity contribution in [3.05, 3.63) is 45.7 Å². The normalized spacial score (nSPS) is 20.3. The van der Waals surface area contributed by atoms with Crippen LogP contribution in [0.2, 0.25) is 10.0 Å². The lowest BCUT2D eigenvalue weighted by atomic mass is 9.94. The minimum atomic E-state index is -0.00117. The van der Waals surface area contributed by atoms with Crippen molar-refractivity contribution in [1.82, 2.24) is 24.5 Å². The molecule has 2 saturated heterocycles. The van der Waals surface area contributed by atoms with Crippen LogP contribution >= 0.6 is 23.2 Å². The van der Waals surface area contributed by atoms with E-state index in [-0.39, 0.29) is 17.7 Å². The van der Waals surface area contributed by atoms with Crippen LogP contribution in [-0.2, 0) is 4.79 Å². The van der Waals surface area contributed by atoms with Crippen LogP contribution in [0.4, 0.5) is 0 Å². The Morgan fingerprint density at radius 3 is 2.27 bits per heavy atom. The van der Waals surface area contributed by atoms with Crippen LogP contribution in [-0.4, -0.2) is 82.6 Å². The maximum Gasteiger partial charge on any atom is 0.257 e. The summed E-state index contributed by atoms with van der Waals surface area (Å²) in [6.07, 6.45) is 5.18. The van der Waals surface area contributed by atoms with Crippen LogP contribution < -0.4 is 0 Å². The van der Waals surface area contributed by atoms with Crippen molar-refractivity contribution in [1.29, 1.82) is 0 Å². The maximum atomic E-state index is 13.5. The fraction of sp³-hybridized carbons (Fsp3) is 0.542. The number of carbonyl (C=O) groups is 2. The van der Waals surface area contributed by atoms with E-state index >= 15 is 0 Å². The number of benzene rings is 1. The number of amides is 2. The molecule has 1 aromatic carbocycles. The minimum Gasteiger partial charge on any atom is -0.340 e. The smallest absolute Gasteiger partial charge is 0.257 e. The molecule has 5 rings (SSSR count). The highest BCUT2D eigenvalue weighted by Crippen LogP contribution is 2.43. The summed E-state index contributed by atoms with van der Waals surface area (Å²) >= 11 is 12.5. The molecule has 0 radical (unpaired) electrons. The molecule has 3 aliphatic rings. The summed E-state index contributed by atoms with van der Waals surface area (Å²) in [4.78, 5) is 32.5. The first-order valence-electron chi connectivity index (χ1n) is 11.7. The van der Waals surface area contributed by atoms with Gasteiger partial charge in [0, 0.05) is 56.1 Å². The Balaban J connectivity index is 1.29. The number of carbonyl (C=O) groups excluding carboxylic acids is 2. The third-order valence-electron chi connectivity index (χ3n) is 7.09. The lowest BCUT2D eigenvalue weighted by Gasteiger charge is -2.37. The number of likely N-dealkylation sites (N-methyl/N-ethyl adjacent to an activating group) is 1. The molecule has 0 unspecified atom stereocenters. The van der Waals surface area contributed by atoms with Crippen LogP contribution in [0.5, 0.6) is 0 Å². The Morgan fingerprint density at radius 2 is 1.64 bits per heavy atom. The highest BCUT2D eigenvalue weighted by Gasteiger charge is 2.36. The molecule has 1 saturated carbocycles. The molecule has 1 aliphatic carbocycles. The third kappa shape index (κ3) is 4.63. The average Bonchev–Trinajstić information content (AvgIpc) is 3.57. The van der Waals surface area contributed by atoms with Crippen LogP contribution in [0.25, 0.3) is 5.69 Å². The SMILES string of the molecule is CN1CCN(C(=O)C2CCN(C(=O)c3cnn(-c4ccc(Cl)cc4Cl)c3C3CC3)CC2)CC1. The summed E-state index contributed by atoms with van der Waals surface area (Å²) < 4.78 is 1.80. The Labute approximate surface area is 204 Å². The number of aromatic nitrogens is 2. The second kappa shape index (κ2) is 9.28. The standard InChI is InChI=1S/C24H29Cl2N5O2/c1-28-10-12-30(13-11-28)23(32)17-6-8-29(9-7-17)24(33)19-15-27-31(22(19)16-2-3-16)21-5-4-18(25)14-20(21)26/h4-5,14-17H,2-3,6-13H2,1H3. The van der Waals surface area contributed by atoms with Crippen molar-refractivity contribution < 1.29 is 9.59 Å². The molecular weight excluding hydrogens is 461 g/mol. The molecule has 0 N–H and O–H groups in total. The Hall–Kier alpha value is -2.09. The fourth-order valence-corrected chi connectivity index (χ4v) is 5.39. The number of halogens is 2. The van der Waals surface area contributed by atoms with Gasteiger partial charge < -0.3 is 14.7 Å². The highest BCUT2D eigenvalue weighted by molar-refractivity contribution is 6.35. The first-order chi connectivity index (χ1) is 15.9. The third-order valence-corrected chi connectivity index (χ3v) is 7.62. The molecule has 7 nitrogen and oxygen atoms in total. The van der Waals surface area contributed by atoms with E-state index < -0.39 is 0 Å². The van der Waals surface area contributed by atoms with E-state index in [1.807, 2.05) is 15.9 Å². The summed E-state index contributed by atoms with van der Waals surface area (Å²) in [5.74, 6) is 0.573. The van der Waals surface area contributed by atoms with Gasteiger partial charge in [0.1, 0.15) is 0 Å². The molecule has 1 aromatic heterocycles. The zero-order chi connectivity index (χ0) is 23.1. The highest BCUT2D eigenvalue weighted by atomic mass is 35.5. The van der Waals surface area contributed by atoms with Gasteiger partial charge in [-0.25, -0.2) is 4.68 Å². The quantitative estimate of drug-likeness (QED) is 0.656. The van der Waals surface area contributed by atoms with Gasteiger partial charge in [0.25, 0.3) is 5.91 Å². The number of likely N-dealkylation sites (tertiary alicyclic amines) is 1. The van der Waals surface area contributed by atoms with Gasteiger partial charge in [-0.2, -0.15) is 5.10 Å². The van der Waals surface area contributed by atoms with E-state index in [4.69, 9.17) is 23.2 Å². The maximum absolute atomic E-state index is 13.5. The molecule has 0 spiro atoms. The lowest BCUT2D eigenvalue weighted by Crippen LogP contribution is -2.51. The van der Waals surface area contributed by atoms with Gasteiger partial charge in [0.15, 0.2) is 0 Å². The topological polar surface area (TPSA) is 61.7 Å². The van der Waals surface area contributed by atoms with Gasteiger partial charge in [0.2, 0.25) is 5.91 Å². The minimum absolute atomic E-state index is 0.00117. The van der Waals surface area contributed by atoms with Crippen LogP contribution in [0.15, 0.2) is 24.4 Å². The predicted molar refractivity (Wildman–Crippen MR) is 128 cm³/mol. The zero-order valence-electron chi connectivity index (χ0n) is 18.8. The lowest BCUT2D eigenvalue weighted by molar-refractivity contribution is -0.138. The van der Waals surface area contributed by atoms with Crippen LogP contribution in [0, 0.1) is 5.92 Å². The Morgan fingerprint density at radius 1 is 0.939 bits per heavy atom. The molecule has 2 aromatic rings. The van der Waals surface area contributed by atoms with E-state index in [2.05, 4.69) is 17.0 Å².